The van der Waals surface area contributed by atoms with E-state index < -0.39 is 17.8 Å². The highest BCUT2D eigenvalue weighted by atomic mass is 19.4. The highest BCUT2D eigenvalue weighted by Gasteiger charge is 2.37. The van der Waals surface area contributed by atoms with Crippen LogP contribution in [0, 0.1) is 13.8 Å². The maximum absolute atomic E-state index is 13.3. The van der Waals surface area contributed by atoms with E-state index in [-0.39, 0.29) is 23.0 Å². The van der Waals surface area contributed by atoms with Crippen LogP contribution in [0.2, 0.25) is 0 Å². The van der Waals surface area contributed by atoms with Crippen LogP contribution >= 0.6 is 0 Å². The van der Waals surface area contributed by atoms with Crippen LogP contribution in [0.15, 0.2) is 36.4 Å². The number of carbonyl (C=O) groups is 1. The van der Waals surface area contributed by atoms with Crippen LogP contribution in [0.5, 0.6) is 0 Å². The Hall–Kier alpha value is -2.83. The maximum atomic E-state index is 13.3. The van der Waals surface area contributed by atoms with Gasteiger partial charge in [0.2, 0.25) is 0 Å². The number of benzene rings is 2. The molecule has 1 N–H and O–H groups in total. The minimum absolute atomic E-state index is 0.0797. The lowest BCUT2D eigenvalue weighted by molar-refractivity contribution is -0.140. The zero-order chi connectivity index (χ0) is 18.4. The first-order valence-corrected chi connectivity index (χ1v) is 7.54. The number of aromatic carboxylic acids is 1. The van der Waals surface area contributed by atoms with Gasteiger partial charge in [0.25, 0.3) is 0 Å². The average molecular weight is 348 g/mol. The van der Waals surface area contributed by atoms with Gasteiger partial charge in [-0.3, -0.25) is 4.68 Å². The number of alkyl halides is 3. The van der Waals surface area contributed by atoms with Crippen LogP contribution in [0.3, 0.4) is 0 Å². The second kappa shape index (κ2) is 5.91. The molecule has 0 aliphatic carbocycles. The molecular weight excluding hydrogens is 333 g/mol. The molecule has 0 unspecified atom stereocenters. The number of nitrogens with zero attached hydrogens (tertiary/aromatic N) is 2. The molecule has 1 aromatic heterocycles. The van der Waals surface area contributed by atoms with Crippen molar-refractivity contribution in [2.75, 3.05) is 0 Å². The number of rotatable bonds is 3. The first kappa shape index (κ1) is 17.0. The number of fused-ring (bicyclic) bond motifs is 1. The third-order valence-electron chi connectivity index (χ3n) is 4.22. The molecule has 1 heterocycles. The molecule has 0 spiro atoms. The molecule has 4 nitrogen and oxygen atoms in total. The second-order valence-corrected chi connectivity index (χ2v) is 5.91. The monoisotopic (exact) mass is 348 g/mol. The minimum atomic E-state index is -4.62. The molecule has 3 rings (SSSR count). The van der Waals surface area contributed by atoms with Gasteiger partial charge in [-0.25, -0.2) is 4.79 Å². The number of aryl methyl sites for hydroxylation is 2. The van der Waals surface area contributed by atoms with E-state index in [0.29, 0.717) is 0 Å². The Morgan fingerprint density at radius 1 is 1.16 bits per heavy atom. The molecule has 0 saturated carbocycles. The number of aromatic nitrogens is 2. The van der Waals surface area contributed by atoms with Crippen molar-refractivity contribution in [1.29, 1.82) is 0 Å². The summed E-state index contributed by atoms with van der Waals surface area (Å²) in [5.74, 6) is -1.20. The quantitative estimate of drug-likeness (QED) is 0.762. The fourth-order valence-corrected chi connectivity index (χ4v) is 2.88. The predicted molar refractivity (Wildman–Crippen MR) is 86.7 cm³/mol. The highest BCUT2D eigenvalue weighted by Crippen LogP contribution is 2.35. The van der Waals surface area contributed by atoms with Crippen LogP contribution in [-0.2, 0) is 12.7 Å². The van der Waals surface area contributed by atoms with Gasteiger partial charge in [-0.05, 0) is 48.7 Å². The molecule has 130 valence electrons. The Morgan fingerprint density at radius 2 is 1.80 bits per heavy atom. The first-order chi connectivity index (χ1) is 11.7. The van der Waals surface area contributed by atoms with Gasteiger partial charge in [-0.15, -0.1) is 0 Å². The van der Waals surface area contributed by atoms with E-state index in [4.69, 9.17) is 5.11 Å². The Kier molecular flexibility index (Phi) is 4.02. The smallest absolute Gasteiger partial charge is 0.435 e. The summed E-state index contributed by atoms with van der Waals surface area (Å²) in [6.07, 6.45) is -4.62. The summed E-state index contributed by atoms with van der Waals surface area (Å²) in [6, 6.07) is 9.18. The van der Waals surface area contributed by atoms with Crippen molar-refractivity contribution in [3.8, 4) is 0 Å². The van der Waals surface area contributed by atoms with Crippen LogP contribution in [0.4, 0.5) is 13.2 Å². The first-order valence-electron chi connectivity index (χ1n) is 7.54. The number of carboxylic acid groups (broad SMARTS) is 1. The van der Waals surface area contributed by atoms with E-state index in [1.54, 1.807) is 0 Å². The van der Waals surface area contributed by atoms with Crippen molar-refractivity contribution in [3.05, 3.63) is 64.3 Å². The van der Waals surface area contributed by atoms with Crippen LogP contribution in [-0.4, -0.2) is 20.9 Å². The number of hydrogen-bond donors (Lipinski definition) is 1. The van der Waals surface area contributed by atoms with Crippen molar-refractivity contribution >= 4 is 16.9 Å². The minimum Gasteiger partial charge on any atom is -0.478 e. The van der Waals surface area contributed by atoms with Gasteiger partial charge in [0.15, 0.2) is 5.69 Å². The summed E-state index contributed by atoms with van der Waals surface area (Å²) in [6.45, 7) is 3.89. The molecule has 0 atom stereocenters. The largest absolute Gasteiger partial charge is 0.478 e. The van der Waals surface area contributed by atoms with Gasteiger partial charge in [0, 0.05) is 5.39 Å². The second-order valence-electron chi connectivity index (χ2n) is 5.91. The summed E-state index contributed by atoms with van der Waals surface area (Å²) in [4.78, 5) is 11.2. The summed E-state index contributed by atoms with van der Waals surface area (Å²) in [5.41, 5.74) is 1.80. The number of halogens is 3. The molecule has 0 saturated heterocycles. The van der Waals surface area contributed by atoms with E-state index in [1.807, 2.05) is 32.0 Å². The topological polar surface area (TPSA) is 55.1 Å². The lowest BCUT2D eigenvalue weighted by Gasteiger charge is -2.11. The Bertz CT molecular complexity index is 954. The summed E-state index contributed by atoms with van der Waals surface area (Å²) < 4.78 is 41.1. The van der Waals surface area contributed by atoms with Crippen LogP contribution in [0.1, 0.15) is 32.7 Å². The average Bonchev–Trinajstić information content (AvgIpc) is 2.89. The standard InChI is InChI=1S/C18H15F3N2O2/c1-10-4-3-5-11(2)14(10)9-23-15-8-12(17(24)25)6-7-13(15)16(22-23)18(19,20)21/h3-8H,9H2,1-2H3,(H,24,25). The Balaban J connectivity index is 2.23. The Labute approximate surface area is 141 Å². The molecule has 3 aromatic rings. The molecule has 25 heavy (non-hydrogen) atoms. The normalized spacial score (nSPS) is 11.9. The fraction of sp³-hybridized carbons (Fsp3) is 0.222. The zero-order valence-corrected chi connectivity index (χ0v) is 13.6. The Morgan fingerprint density at radius 3 is 2.36 bits per heavy atom. The van der Waals surface area contributed by atoms with E-state index >= 15 is 0 Å². The van der Waals surface area contributed by atoms with Crippen LogP contribution < -0.4 is 0 Å². The summed E-state index contributed by atoms with van der Waals surface area (Å²) in [7, 11) is 0. The van der Waals surface area contributed by atoms with Gasteiger partial charge < -0.3 is 5.11 Å². The van der Waals surface area contributed by atoms with Crippen molar-refractivity contribution < 1.29 is 23.1 Å². The number of carboxylic acids is 1. The predicted octanol–water partition coefficient (Wildman–Crippen LogP) is 4.42. The lowest BCUT2D eigenvalue weighted by Crippen LogP contribution is -2.10. The summed E-state index contributed by atoms with van der Waals surface area (Å²) >= 11 is 0. The molecule has 0 radical (unpaired) electrons. The molecule has 7 heteroatoms. The molecule has 0 amide bonds. The molecule has 0 aliphatic rings. The van der Waals surface area contributed by atoms with E-state index in [1.165, 1.54) is 10.7 Å². The third kappa shape index (κ3) is 3.09. The van der Waals surface area contributed by atoms with Crippen LogP contribution in [0.25, 0.3) is 10.9 Å². The zero-order valence-electron chi connectivity index (χ0n) is 13.6. The van der Waals surface area contributed by atoms with Gasteiger partial charge in [-0.2, -0.15) is 18.3 Å². The lowest BCUT2D eigenvalue weighted by atomic mass is 10.0. The van der Waals surface area contributed by atoms with Crippen molar-refractivity contribution in [3.63, 3.8) is 0 Å². The number of hydrogen-bond acceptors (Lipinski definition) is 2. The fourth-order valence-electron chi connectivity index (χ4n) is 2.88. The third-order valence-corrected chi connectivity index (χ3v) is 4.22. The van der Waals surface area contributed by atoms with Gasteiger partial charge in [-0.1, -0.05) is 18.2 Å². The van der Waals surface area contributed by atoms with E-state index in [0.717, 1.165) is 28.8 Å². The van der Waals surface area contributed by atoms with Gasteiger partial charge >= 0.3 is 12.1 Å². The maximum Gasteiger partial charge on any atom is 0.435 e. The van der Waals surface area contributed by atoms with Gasteiger partial charge in [0.05, 0.1) is 17.6 Å². The molecule has 0 bridgehead atoms. The highest BCUT2D eigenvalue weighted by molar-refractivity contribution is 5.94. The molecule has 0 aliphatic heterocycles. The SMILES string of the molecule is Cc1cccc(C)c1Cn1nc(C(F)(F)F)c2ccc(C(=O)O)cc21. The van der Waals surface area contributed by atoms with Crippen molar-refractivity contribution in [1.82, 2.24) is 9.78 Å². The molecule has 2 aromatic carbocycles. The molecular formula is C18H15F3N2O2. The summed E-state index contributed by atoms with van der Waals surface area (Å²) in [5, 5.41) is 12.8. The van der Waals surface area contributed by atoms with Crippen molar-refractivity contribution in [2.24, 2.45) is 0 Å². The van der Waals surface area contributed by atoms with Crippen molar-refractivity contribution in [2.45, 2.75) is 26.6 Å². The molecule has 0 fully saturated rings. The van der Waals surface area contributed by atoms with E-state index in [9.17, 15) is 18.0 Å². The van der Waals surface area contributed by atoms with Gasteiger partial charge in [0.1, 0.15) is 0 Å². The van der Waals surface area contributed by atoms with E-state index in [2.05, 4.69) is 5.10 Å².